The molecule has 0 aromatic carbocycles. The Kier molecular flexibility index (Phi) is 6.18. The molecule has 0 aliphatic carbocycles. The van der Waals surface area contributed by atoms with Gasteiger partial charge in [-0.05, 0) is 18.8 Å². The first-order valence-electron chi connectivity index (χ1n) is 3.58. The molecule has 60 valence electrons. The number of carbonyl (C=O) groups excluding carboxylic acids is 1. The Morgan fingerprint density at radius 2 is 2.30 bits per heavy atom. The molecule has 1 N–H and O–H groups in total. The van der Waals surface area contributed by atoms with E-state index in [0.717, 1.165) is 12.8 Å². The minimum Gasteiger partial charge on any atom is -0.277 e. The third-order valence-corrected chi connectivity index (χ3v) is 1.16. The van der Waals surface area contributed by atoms with Gasteiger partial charge in [0.05, 0.1) is 6.61 Å². The lowest BCUT2D eigenvalue weighted by Crippen LogP contribution is -2.12. The normalized spacial score (nSPS) is 9.90. The van der Waals surface area contributed by atoms with Crippen molar-refractivity contribution in [2.75, 3.05) is 6.61 Å². The zero-order chi connectivity index (χ0) is 7.82. The van der Waals surface area contributed by atoms with E-state index < -0.39 is 0 Å². The first-order chi connectivity index (χ1) is 4.77. The van der Waals surface area contributed by atoms with Gasteiger partial charge in [0.2, 0.25) is 6.41 Å². The Morgan fingerprint density at radius 3 is 2.80 bits per heavy atom. The van der Waals surface area contributed by atoms with E-state index in [0.29, 0.717) is 18.9 Å². The van der Waals surface area contributed by atoms with Gasteiger partial charge in [-0.3, -0.25) is 9.63 Å². The van der Waals surface area contributed by atoms with Crippen LogP contribution >= 0.6 is 0 Å². The van der Waals surface area contributed by atoms with Crippen LogP contribution in [0.4, 0.5) is 0 Å². The summed E-state index contributed by atoms with van der Waals surface area (Å²) >= 11 is 0. The molecule has 10 heavy (non-hydrogen) atoms. The molecule has 3 heteroatoms. The van der Waals surface area contributed by atoms with Crippen LogP contribution < -0.4 is 5.48 Å². The van der Waals surface area contributed by atoms with Gasteiger partial charge in [-0.2, -0.15) is 0 Å². The van der Waals surface area contributed by atoms with E-state index in [1.165, 1.54) is 0 Å². The number of carbonyl (C=O) groups is 1. The van der Waals surface area contributed by atoms with Crippen molar-refractivity contribution < 1.29 is 9.63 Å². The lowest BCUT2D eigenvalue weighted by molar-refractivity contribution is -0.120. The molecule has 3 nitrogen and oxygen atoms in total. The molecule has 0 saturated heterocycles. The molecule has 0 aliphatic rings. The van der Waals surface area contributed by atoms with Gasteiger partial charge in [-0.15, -0.1) is 0 Å². The number of hydrogen-bond donors (Lipinski definition) is 1. The number of rotatable bonds is 6. The van der Waals surface area contributed by atoms with Crippen molar-refractivity contribution in [3.63, 3.8) is 0 Å². The summed E-state index contributed by atoms with van der Waals surface area (Å²) in [5, 5.41) is 0. The fraction of sp³-hybridized carbons (Fsp3) is 0.857. The van der Waals surface area contributed by atoms with Gasteiger partial charge in [0.1, 0.15) is 0 Å². The van der Waals surface area contributed by atoms with Crippen molar-refractivity contribution in [1.29, 1.82) is 0 Å². The summed E-state index contributed by atoms with van der Waals surface area (Å²) in [5.74, 6) is 0.708. The maximum atomic E-state index is 9.67. The average molecular weight is 145 g/mol. The van der Waals surface area contributed by atoms with Crippen LogP contribution in [0.15, 0.2) is 0 Å². The molecular weight excluding hydrogens is 130 g/mol. The molecule has 0 aromatic heterocycles. The third kappa shape index (κ3) is 7.43. The summed E-state index contributed by atoms with van der Waals surface area (Å²) in [7, 11) is 0. The molecule has 0 heterocycles. The average Bonchev–Trinajstić information content (AvgIpc) is 1.87. The van der Waals surface area contributed by atoms with E-state index in [1.54, 1.807) is 0 Å². The molecule has 0 aliphatic heterocycles. The van der Waals surface area contributed by atoms with Crippen molar-refractivity contribution in [3.8, 4) is 0 Å². The predicted octanol–water partition coefficient (Wildman–Crippen LogP) is 1.10. The largest absolute Gasteiger partial charge is 0.277 e. The monoisotopic (exact) mass is 145 g/mol. The lowest BCUT2D eigenvalue weighted by atomic mass is 10.1. The Balaban J connectivity index is 2.83. The minimum absolute atomic E-state index is 0.537. The molecule has 0 atom stereocenters. The summed E-state index contributed by atoms with van der Waals surface area (Å²) in [6.07, 6.45) is 2.68. The molecule has 0 bridgehead atoms. The van der Waals surface area contributed by atoms with Crippen molar-refractivity contribution in [1.82, 2.24) is 5.48 Å². The van der Waals surface area contributed by atoms with Gasteiger partial charge in [0, 0.05) is 0 Å². The van der Waals surface area contributed by atoms with E-state index in [2.05, 4.69) is 19.3 Å². The van der Waals surface area contributed by atoms with Crippen LogP contribution in [0.1, 0.15) is 26.7 Å². The number of nitrogens with one attached hydrogen (secondary N) is 1. The van der Waals surface area contributed by atoms with Gasteiger partial charge >= 0.3 is 0 Å². The fourth-order valence-electron chi connectivity index (χ4n) is 0.657. The number of hydroxylamine groups is 1. The molecule has 0 radical (unpaired) electrons. The Morgan fingerprint density at radius 1 is 1.60 bits per heavy atom. The molecule has 0 saturated carbocycles. The lowest BCUT2D eigenvalue weighted by Gasteiger charge is -2.03. The Bertz CT molecular complexity index is 83.7. The van der Waals surface area contributed by atoms with Crippen LogP contribution in [0.25, 0.3) is 0 Å². The van der Waals surface area contributed by atoms with Crippen molar-refractivity contribution in [2.24, 2.45) is 5.92 Å². The molecule has 0 spiro atoms. The van der Waals surface area contributed by atoms with Crippen LogP contribution in [-0.2, 0) is 9.63 Å². The van der Waals surface area contributed by atoms with E-state index in [-0.39, 0.29) is 0 Å². The molecule has 0 rings (SSSR count). The number of hydrogen-bond acceptors (Lipinski definition) is 2. The fourth-order valence-corrected chi connectivity index (χ4v) is 0.657. The van der Waals surface area contributed by atoms with E-state index >= 15 is 0 Å². The highest BCUT2D eigenvalue weighted by Crippen LogP contribution is 2.02. The van der Waals surface area contributed by atoms with Crippen LogP contribution in [0.3, 0.4) is 0 Å². The summed E-state index contributed by atoms with van der Waals surface area (Å²) in [5.41, 5.74) is 2.14. The predicted molar refractivity (Wildman–Crippen MR) is 39.2 cm³/mol. The molecule has 0 unspecified atom stereocenters. The molecule has 1 amide bonds. The Labute approximate surface area is 61.7 Å². The molecule has 0 aromatic rings. The standard InChI is InChI=1S/C7H15NO2/c1-7(2)4-3-5-10-8-6-9/h6-7H,3-5H2,1-2H3,(H,8,9). The highest BCUT2D eigenvalue weighted by atomic mass is 16.6. The maximum Gasteiger partial charge on any atom is 0.230 e. The van der Waals surface area contributed by atoms with E-state index in [4.69, 9.17) is 4.84 Å². The van der Waals surface area contributed by atoms with Crippen LogP contribution in [0.2, 0.25) is 0 Å². The van der Waals surface area contributed by atoms with Gasteiger partial charge in [-0.1, -0.05) is 13.8 Å². The van der Waals surface area contributed by atoms with Crippen LogP contribution in [0, 0.1) is 5.92 Å². The summed E-state index contributed by atoms with van der Waals surface area (Å²) in [6, 6.07) is 0. The number of amides is 1. The van der Waals surface area contributed by atoms with Crippen molar-refractivity contribution in [2.45, 2.75) is 26.7 Å². The van der Waals surface area contributed by atoms with Gasteiger partial charge in [0.25, 0.3) is 0 Å². The third-order valence-electron chi connectivity index (χ3n) is 1.16. The molecular formula is C7H15NO2. The molecule has 0 fully saturated rings. The second-order valence-electron chi connectivity index (χ2n) is 2.62. The first-order valence-corrected chi connectivity index (χ1v) is 3.58. The zero-order valence-electron chi connectivity index (χ0n) is 6.59. The maximum absolute atomic E-state index is 9.67. The minimum atomic E-state index is 0.537. The van der Waals surface area contributed by atoms with Crippen molar-refractivity contribution in [3.05, 3.63) is 0 Å². The zero-order valence-corrected chi connectivity index (χ0v) is 6.59. The summed E-state index contributed by atoms with van der Waals surface area (Å²) < 4.78 is 0. The quantitative estimate of drug-likeness (QED) is 0.345. The van der Waals surface area contributed by atoms with E-state index in [1.807, 2.05) is 0 Å². The first kappa shape index (κ1) is 9.43. The van der Waals surface area contributed by atoms with Gasteiger partial charge < -0.3 is 0 Å². The second kappa shape index (κ2) is 6.55. The van der Waals surface area contributed by atoms with Gasteiger partial charge in [-0.25, -0.2) is 5.48 Å². The van der Waals surface area contributed by atoms with Crippen LogP contribution in [-0.4, -0.2) is 13.0 Å². The summed E-state index contributed by atoms with van der Waals surface area (Å²) in [6.45, 7) is 4.93. The second-order valence-corrected chi connectivity index (χ2v) is 2.62. The smallest absolute Gasteiger partial charge is 0.230 e. The van der Waals surface area contributed by atoms with Crippen LogP contribution in [0.5, 0.6) is 0 Å². The summed E-state index contributed by atoms with van der Waals surface area (Å²) in [4.78, 5) is 14.4. The topological polar surface area (TPSA) is 38.3 Å². The van der Waals surface area contributed by atoms with Crippen molar-refractivity contribution >= 4 is 6.41 Å². The van der Waals surface area contributed by atoms with E-state index in [9.17, 15) is 4.79 Å². The highest BCUT2D eigenvalue weighted by molar-refractivity contribution is 5.43. The van der Waals surface area contributed by atoms with Gasteiger partial charge in [0.15, 0.2) is 0 Å². The highest BCUT2D eigenvalue weighted by Gasteiger charge is 1.92. The Hall–Kier alpha value is -0.570. The SMILES string of the molecule is CC(C)CCCONC=O.